The average Bonchev–Trinajstić information content (AvgIpc) is 2.54. The molecule has 0 amide bonds. The summed E-state index contributed by atoms with van der Waals surface area (Å²) in [6.07, 6.45) is 0.802. The molecule has 0 aromatic heterocycles. The van der Waals surface area contributed by atoms with Gasteiger partial charge in [-0.1, -0.05) is 24.3 Å². The number of carbonyl (C=O) groups is 1. The van der Waals surface area contributed by atoms with Crippen LogP contribution in [-0.2, 0) is 11.2 Å². The van der Waals surface area contributed by atoms with Crippen LogP contribution < -0.4 is 10.6 Å². The molecule has 22 heavy (non-hydrogen) atoms. The quantitative estimate of drug-likeness (QED) is 0.913. The van der Waals surface area contributed by atoms with E-state index >= 15 is 0 Å². The molecule has 1 aliphatic heterocycles. The fourth-order valence-electron chi connectivity index (χ4n) is 3.04. The van der Waals surface area contributed by atoms with Crippen LogP contribution in [0.4, 0.5) is 10.1 Å². The molecular weight excluding hydrogens is 283 g/mol. The molecule has 0 bridgehead atoms. The number of halogens is 1. The molecule has 0 fully saturated rings. The van der Waals surface area contributed by atoms with Gasteiger partial charge in [-0.25, -0.2) is 4.39 Å². The van der Waals surface area contributed by atoms with Crippen LogP contribution in [0, 0.1) is 5.82 Å². The monoisotopic (exact) mass is 300 g/mol. The Morgan fingerprint density at radius 1 is 1.23 bits per heavy atom. The summed E-state index contributed by atoms with van der Waals surface area (Å²) in [5.41, 5.74) is 8.76. The average molecular weight is 300 g/mol. The Hall–Kier alpha value is -2.40. The summed E-state index contributed by atoms with van der Waals surface area (Å²) >= 11 is 0. The number of hydrogen-bond donors (Lipinski definition) is 2. The van der Waals surface area contributed by atoms with Crippen molar-refractivity contribution in [2.45, 2.75) is 18.5 Å². The van der Waals surface area contributed by atoms with Crippen molar-refractivity contribution in [1.82, 2.24) is 0 Å². The van der Waals surface area contributed by atoms with Gasteiger partial charge in [-0.2, -0.15) is 0 Å². The van der Waals surface area contributed by atoms with Gasteiger partial charge >= 0.3 is 5.97 Å². The molecule has 0 saturated carbocycles. The smallest absolute Gasteiger partial charge is 0.322 e. The minimum atomic E-state index is -1.05. The molecule has 2 unspecified atom stereocenters. The molecule has 3 rings (SSSR count). The zero-order chi connectivity index (χ0) is 15.7. The highest BCUT2D eigenvalue weighted by Crippen LogP contribution is 2.35. The molecule has 0 aliphatic carbocycles. The summed E-state index contributed by atoms with van der Waals surface area (Å²) in [4.78, 5) is 13.4. The van der Waals surface area contributed by atoms with E-state index in [1.165, 1.54) is 12.1 Å². The fourth-order valence-corrected chi connectivity index (χ4v) is 3.04. The first kappa shape index (κ1) is 14.5. The fraction of sp³-hybridized carbons (Fsp3) is 0.235. The molecule has 1 heterocycles. The first-order chi connectivity index (χ1) is 10.6. The summed E-state index contributed by atoms with van der Waals surface area (Å²) in [6.45, 7) is 0.647. The minimum absolute atomic E-state index is 0.319. The van der Waals surface area contributed by atoms with Crippen molar-refractivity contribution in [2.24, 2.45) is 5.73 Å². The first-order valence-corrected chi connectivity index (χ1v) is 7.16. The van der Waals surface area contributed by atoms with Crippen LogP contribution in [0.3, 0.4) is 0 Å². The molecule has 114 valence electrons. The number of benzene rings is 2. The molecular formula is C17H17FN2O2. The van der Waals surface area contributed by atoms with Crippen molar-refractivity contribution in [3.63, 3.8) is 0 Å². The van der Waals surface area contributed by atoms with Gasteiger partial charge in [0.15, 0.2) is 0 Å². The molecule has 4 nitrogen and oxygen atoms in total. The van der Waals surface area contributed by atoms with E-state index in [0.717, 1.165) is 23.2 Å². The van der Waals surface area contributed by atoms with Crippen molar-refractivity contribution in [3.05, 3.63) is 65.5 Å². The molecule has 2 aromatic carbocycles. The van der Waals surface area contributed by atoms with Gasteiger partial charge in [-0.15, -0.1) is 0 Å². The Balaban J connectivity index is 2.06. The normalized spacial score (nSPS) is 18.6. The summed E-state index contributed by atoms with van der Waals surface area (Å²) < 4.78 is 13.1. The van der Waals surface area contributed by atoms with Crippen molar-refractivity contribution >= 4 is 11.7 Å². The van der Waals surface area contributed by atoms with Gasteiger partial charge in [0, 0.05) is 12.2 Å². The lowest BCUT2D eigenvalue weighted by Gasteiger charge is -2.40. The van der Waals surface area contributed by atoms with Gasteiger partial charge in [0.25, 0.3) is 0 Å². The van der Waals surface area contributed by atoms with Crippen LogP contribution in [0.15, 0.2) is 48.5 Å². The number of fused-ring (bicyclic) bond motifs is 1. The second-order valence-corrected chi connectivity index (χ2v) is 5.43. The third-order valence-corrected chi connectivity index (χ3v) is 4.12. The number of hydrogen-bond acceptors (Lipinski definition) is 3. The molecule has 3 N–H and O–H groups in total. The zero-order valence-corrected chi connectivity index (χ0v) is 11.9. The van der Waals surface area contributed by atoms with Crippen molar-refractivity contribution < 1.29 is 14.3 Å². The predicted molar refractivity (Wildman–Crippen MR) is 82.2 cm³/mol. The third kappa shape index (κ3) is 2.55. The zero-order valence-electron chi connectivity index (χ0n) is 11.9. The highest BCUT2D eigenvalue weighted by atomic mass is 19.1. The maximum atomic E-state index is 13.1. The van der Waals surface area contributed by atoms with Crippen molar-refractivity contribution in [2.75, 3.05) is 11.4 Å². The number of carboxylic acids is 1. The Labute approximate surface area is 128 Å². The summed E-state index contributed by atoms with van der Waals surface area (Å²) in [5, 5.41) is 9.36. The summed E-state index contributed by atoms with van der Waals surface area (Å²) in [6, 6.07) is 12.3. The SMILES string of the molecule is NC(C(=O)O)C1c2ccccc2CCN1c1ccc(F)cc1. The molecule has 1 aliphatic rings. The minimum Gasteiger partial charge on any atom is -0.480 e. The van der Waals surface area contributed by atoms with Crippen LogP contribution in [0.5, 0.6) is 0 Å². The Kier molecular flexibility index (Phi) is 3.81. The molecule has 0 saturated heterocycles. The van der Waals surface area contributed by atoms with Crippen LogP contribution in [-0.4, -0.2) is 23.7 Å². The summed E-state index contributed by atoms with van der Waals surface area (Å²) in [5.74, 6) is -1.37. The molecule has 0 radical (unpaired) electrons. The number of anilines is 1. The van der Waals surface area contributed by atoms with E-state index in [1.807, 2.05) is 29.2 Å². The first-order valence-electron chi connectivity index (χ1n) is 7.16. The number of nitrogens with zero attached hydrogens (tertiary/aromatic N) is 1. The lowest BCUT2D eigenvalue weighted by Crippen LogP contribution is -2.49. The van der Waals surface area contributed by atoms with Gasteiger partial charge in [0.05, 0.1) is 6.04 Å². The molecule has 5 heteroatoms. The van der Waals surface area contributed by atoms with E-state index in [2.05, 4.69) is 0 Å². The van der Waals surface area contributed by atoms with Crippen LogP contribution >= 0.6 is 0 Å². The number of aliphatic carboxylic acids is 1. The van der Waals surface area contributed by atoms with Gasteiger partial charge < -0.3 is 15.7 Å². The molecule has 0 spiro atoms. The van der Waals surface area contributed by atoms with Crippen molar-refractivity contribution in [1.29, 1.82) is 0 Å². The van der Waals surface area contributed by atoms with E-state index in [-0.39, 0.29) is 5.82 Å². The Morgan fingerprint density at radius 3 is 2.59 bits per heavy atom. The number of nitrogens with two attached hydrogens (primary N) is 1. The molecule has 2 atom stereocenters. The Morgan fingerprint density at radius 2 is 1.91 bits per heavy atom. The maximum absolute atomic E-state index is 13.1. The van der Waals surface area contributed by atoms with E-state index in [1.54, 1.807) is 12.1 Å². The predicted octanol–water partition coefficient (Wildman–Crippen LogP) is 2.34. The maximum Gasteiger partial charge on any atom is 0.322 e. The number of carboxylic acid groups (broad SMARTS) is 1. The van der Waals surface area contributed by atoms with Gasteiger partial charge in [-0.05, 0) is 41.8 Å². The topological polar surface area (TPSA) is 66.6 Å². The van der Waals surface area contributed by atoms with E-state index in [0.29, 0.717) is 6.54 Å². The lowest BCUT2D eigenvalue weighted by atomic mass is 9.88. The van der Waals surface area contributed by atoms with Gasteiger partial charge in [-0.3, -0.25) is 4.79 Å². The van der Waals surface area contributed by atoms with E-state index in [9.17, 15) is 14.3 Å². The van der Waals surface area contributed by atoms with Crippen LogP contribution in [0.1, 0.15) is 17.2 Å². The second kappa shape index (κ2) is 5.77. The highest BCUT2D eigenvalue weighted by Gasteiger charge is 2.35. The lowest BCUT2D eigenvalue weighted by molar-refractivity contribution is -0.139. The number of rotatable bonds is 3. The largest absolute Gasteiger partial charge is 0.480 e. The van der Waals surface area contributed by atoms with E-state index < -0.39 is 18.1 Å². The Bertz CT molecular complexity index is 687. The standard InChI is InChI=1S/C17H17FN2O2/c18-12-5-7-13(8-6-12)20-10-9-11-3-1-2-4-14(11)16(20)15(19)17(21)22/h1-8,15-16H,9-10,19H2,(H,21,22). The van der Waals surface area contributed by atoms with Gasteiger partial charge in [0.1, 0.15) is 11.9 Å². The van der Waals surface area contributed by atoms with Crippen LogP contribution in [0.2, 0.25) is 0 Å². The van der Waals surface area contributed by atoms with Crippen molar-refractivity contribution in [3.8, 4) is 0 Å². The molecule has 2 aromatic rings. The summed E-state index contributed by atoms with van der Waals surface area (Å²) in [7, 11) is 0. The second-order valence-electron chi connectivity index (χ2n) is 5.43. The highest BCUT2D eigenvalue weighted by molar-refractivity contribution is 5.76. The third-order valence-electron chi connectivity index (χ3n) is 4.12. The van der Waals surface area contributed by atoms with E-state index in [4.69, 9.17) is 5.73 Å². The van der Waals surface area contributed by atoms with Gasteiger partial charge in [0.2, 0.25) is 0 Å². The van der Waals surface area contributed by atoms with Crippen LogP contribution in [0.25, 0.3) is 0 Å².